The van der Waals surface area contributed by atoms with Gasteiger partial charge in [0.1, 0.15) is 0 Å². The van der Waals surface area contributed by atoms with Gasteiger partial charge in [0.05, 0.1) is 0 Å². The molecule has 0 nitrogen and oxygen atoms in total. The molecule has 107 valence electrons. The second-order valence-electron chi connectivity index (χ2n) is 7.65. The average molecular weight is 327 g/mol. The fourth-order valence-corrected chi connectivity index (χ4v) is 3.67. The molecule has 0 N–H and O–H groups in total. The summed E-state index contributed by atoms with van der Waals surface area (Å²) in [7, 11) is 0. The molecular formula is C17H34Y-2. The van der Waals surface area contributed by atoms with Gasteiger partial charge in [-0.2, -0.15) is 31.1 Å². The quantitative estimate of drug-likeness (QED) is 0.542. The fraction of sp³-hybridized carbons (Fsp3) is 0.882. The van der Waals surface area contributed by atoms with E-state index in [0.717, 1.165) is 0 Å². The maximum absolute atomic E-state index is 2.52. The van der Waals surface area contributed by atoms with Crippen LogP contribution in [0.4, 0.5) is 0 Å². The minimum Gasteiger partial charge on any atom is -0.320 e. The van der Waals surface area contributed by atoms with Crippen molar-refractivity contribution in [3.63, 3.8) is 0 Å². The van der Waals surface area contributed by atoms with E-state index in [9.17, 15) is 0 Å². The molecule has 0 fully saturated rings. The predicted molar refractivity (Wildman–Crippen MR) is 79.6 cm³/mol. The van der Waals surface area contributed by atoms with Crippen molar-refractivity contribution in [1.29, 1.82) is 0 Å². The van der Waals surface area contributed by atoms with E-state index in [-0.39, 0.29) is 38.1 Å². The first-order valence-electron chi connectivity index (χ1n) is 7.09. The summed E-state index contributed by atoms with van der Waals surface area (Å²) in [5.41, 5.74) is 0.553. The second-order valence-corrected chi connectivity index (χ2v) is 7.65. The molecule has 0 heterocycles. The van der Waals surface area contributed by atoms with Gasteiger partial charge in [0.2, 0.25) is 0 Å². The molecule has 0 aliphatic rings. The minimum absolute atomic E-state index is 0. The SMILES string of the molecule is C[C-](C)C(C(C)C)C(C)(C)C(C)(C)[CH-]C(C)C.[Y]. The molecule has 0 bridgehead atoms. The minimum atomic E-state index is 0. The van der Waals surface area contributed by atoms with Crippen molar-refractivity contribution in [2.24, 2.45) is 28.6 Å². The van der Waals surface area contributed by atoms with Crippen LogP contribution in [0.25, 0.3) is 0 Å². The van der Waals surface area contributed by atoms with Crippen molar-refractivity contribution in [3.8, 4) is 0 Å². The van der Waals surface area contributed by atoms with E-state index in [1.54, 1.807) is 5.92 Å². The Bertz CT molecular complexity index is 216. The van der Waals surface area contributed by atoms with Gasteiger partial charge >= 0.3 is 0 Å². The Morgan fingerprint density at radius 1 is 0.889 bits per heavy atom. The Kier molecular flexibility index (Phi) is 9.24. The summed E-state index contributed by atoms with van der Waals surface area (Å²) < 4.78 is 0. The number of rotatable bonds is 6. The zero-order valence-corrected chi connectivity index (χ0v) is 17.2. The third-order valence-electron chi connectivity index (χ3n) is 4.48. The smallest absolute Gasteiger partial charge is 0 e. The van der Waals surface area contributed by atoms with E-state index < -0.39 is 0 Å². The zero-order chi connectivity index (χ0) is 14.0. The first kappa shape index (κ1) is 21.4. The van der Waals surface area contributed by atoms with E-state index >= 15 is 0 Å². The summed E-state index contributed by atoms with van der Waals surface area (Å²) in [5.74, 6) is 3.59. The van der Waals surface area contributed by atoms with Crippen LogP contribution >= 0.6 is 0 Å². The van der Waals surface area contributed by atoms with Crippen LogP contribution in [0.1, 0.15) is 69.2 Å². The molecule has 0 amide bonds. The molecule has 1 heteroatoms. The molecule has 18 heavy (non-hydrogen) atoms. The van der Waals surface area contributed by atoms with E-state index in [2.05, 4.69) is 75.7 Å². The number of hydrogen-bond acceptors (Lipinski definition) is 0. The zero-order valence-electron chi connectivity index (χ0n) is 14.4. The van der Waals surface area contributed by atoms with Crippen LogP contribution in [0.15, 0.2) is 0 Å². The van der Waals surface area contributed by atoms with Crippen molar-refractivity contribution < 1.29 is 32.7 Å². The molecular weight excluding hydrogens is 293 g/mol. The van der Waals surface area contributed by atoms with Gasteiger partial charge in [-0.15, -0.1) is 0 Å². The molecule has 0 aliphatic carbocycles. The van der Waals surface area contributed by atoms with Crippen LogP contribution < -0.4 is 0 Å². The van der Waals surface area contributed by atoms with E-state index in [4.69, 9.17) is 0 Å². The predicted octanol–water partition coefficient (Wildman–Crippen LogP) is 5.78. The standard InChI is InChI=1S/C17H34.Y/c1-12(2)11-16(7,8)17(9,10)15(13(3)4)14(5)6;/h11-13,15H,1-10H3;/q-2;. The van der Waals surface area contributed by atoms with E-state index in [1.165, 1.54) is 0 Å². The van der Waals surface area contributed by atoms with Gasteiger partial charge in [0, 0.05) is 32.7 Å². The Morgan fingerprint density at radius 2 is 1.28 bits per heavy atom. The van der Waals surface area contributed by atoms with Crippen LogP contribution in [0.2, 0.25) is 0 Å². The summed E-state index contributed by atoms with van der Waals surface area (Å²) in [6.45, 7) is 23.5. The van der Waals surface area contributed by atoms with Gasteiger partial charge in [-0.1, -0.05) is 66.7 Å². The van der Waals surface area contributed by atoms with E-state index in [1.807, 2.05) is 0 Å². The third-order valence-corrected chi connectivity index (χ3v) is 4.48. The van der Waals surface area contributed by atoms with Gasteiger partial charge in [-0.05, 0) is 0 Å². The number of hydrogen-bond donors (Lipinski definition) is 0. The van der Waals surface area contributed by atoms with Crippen LogP contribution in [-0.4, -0.2) is 0 Å². The molecule has 0 aromatic carbocycles. The first-order valence-corrected chi connectivity index (χ1v) is 7.09. The summed E-state index contributed by atoms with van der Waals surface area (Å²) in [6.07, 6.45) is 2.52. The molecule has 0 aromatic rings. The Balaban J connectivity index is 0. The summed E-state index contributed by atoms with van der Waals surface area (Å²) in [4.78, 5) is 0. The molecule has 1 atom stereocenters. The topological polar surface area (TPSA) is 0 Å². The van der Waals surface area contributed by atoms with Crippen molar-refractivity contribution in [2.75, 3.05) is 0 Å². The maximum atomic E-state index is 2.52. The molecule has 0 rings (SSSR count). The molecule has 0 saturated heterocycles. The third kappa shape index (κ3) is 5.24. The molecule has 1 unspecified atom stereocenters. The van der Waals surface area contributed by atoms with Crippen LogP contribution in [0.3, 0.4) is 0 Å². The van der Waals surface area contributed by atoms with Gasteiger partial charge in [-0.25, -0.2) is 0 Å². The Labute approximate surface area is 142 Å². The average Bonchev–Trinajstić information content (AvgIpc) is 1.97. The van der Waals surface area contributed by atoms with Crippen molar-refractivity contribution in [3.05, 3.63) is 12.3 Å². The van der Waals surface area contributed by atoms with Crippen molar-refractivity contribution in [1.82, 2.24) is 0 Å². The molecule has 0 aromatic heterocycles. The van der Waals surface area contributed by atoms with Gasteiger partial charge in [-0.3, -0.25) is 0 Å². The monoisotopic (exact) mass is 327 g/mol. The van der Waals surface area contributed by atoms with Crippen LogP contribution in [-0.2, 0) is 32.7 Å². The second kappa shape index (κ2) is 7.77. The van der Waals surface area contributed by atoms with Crippen LogP contribution in [0, 0.1) is 40.9 Å². The normalized spacial score (nSPS) is 15.2. The largest absolute Gasteiger partial charge is 0.320 e. The maximum Gasteiger partial charge on any atom is 0 e. The fourth-order valence-electron chi connectivity index (χ4n) is 3.67. The Morgan fingerprint density at radius 3 is 1.50 bits per heavy atom. The molecule has 1 radical (unpaired) electrons. The van der Waals surface area contributed by atoms with Gasteiger partial charge in [0.25, 0.3) is 0 Å². The molecule has 0 saturated carbocycles. The van der Waals surface area contributed by atoms with Crippen molar-refractivity contribution in [2.45, 2.75) is 69.2 Å². The van der Waals surface area contributed by atoms with Crippen molar-refractivity contribution >= 4 is 0 Å². The summed E-state index contributed by atoms with van der Waals surface area (Å²) in [6, 6.07) is 0. The Hall–Kier alpha value is 1.10. The molecule has 0 aliphatic heterocycles. The first-order chi connectivity index (χ1) is 7.43. The molecule has 0 spiro atoms. The summed E-state index contributed by atoms with van der Waals surface area (Å²) >= 11 is 0. The van der Waals surface area contributed by atoms with E-state index in [0.29, 0.717) is 23.2 Å². The van der Waals surface area contributed by atoms with Gasteiger partial charge < -0.3 is 12.3 Å². The summed E-state index contributed by atoms with van der Waals surface area (Å²) in [5, 5.41) is 0. The van der Waals surface area contributed by atoms with Crippen LogP contribution in [0.5, 0.6) is 0 Å². The van der Waals surface area contributed by atoms with Gasteiger partial charge in [0.15, 0.2) is 0 Å².